The van der Waals surface area contributed by atoms with E-state index in [0.29, 0.717) is 18.8 Å². The number of urea groups is 1. The Bertz CT molecular complexity index is 815. The van der Waals surface area contributed by atoms with Gasteiger partial charge in [-0.3, -0.25) is 9.67 Å². The fourth-order valence-corrected chi connectivity index (χ4v) is 2.30. The highest BCUT2D eigenvalue weighted by atomic mass is 16.5. The van der Waals surface area contributed by atoms with E-state index in [1.54, 1.807) is 48.5 Å². The van der Waals surface area contributed by atoms with Crippen molar-refractivity contribution in [2.45, 2.75) is 6.54 Å². The lowest BCUT2D eigenvalue weighted by atomic mass is 10.2. The largest absolute Gasteiger partial charge is 0.497 e. The Labute approximate surface area is 145 Å². The van der Waals surface area contributed by atoms with Crippen LogP contribution in [0.3, 0.4) is 0 Å². The smallest absolute Gasteiger partial charge is 0.319 e. The molecule has 0 aliphatic rings. The maximum Gasteiger partial charge on any atom is 0.319 e. The molecule has 0 radical (unpaired) electrons. The van der Waals surface area contributed by atoms with Gasteiger partial charge in [-0.2, -0.15) is 5.10 Å². The molecule has 0 fully saturated rings. The van der Waals surface area contributed by atoms with Crippen LogP contribution in [0.4, 0.5) is 10.5 Å². The maximum absolute atomic E-state index is 11.9. The summed E-state index contributed by atoms with van der Waals surface area (Å²) in [6.07, 6.45) is 5.36. The van der Waals surface area contributed by atoms with Crippen LogP contribution in [0.2, 0.25) is 0 Å². The lowest BCUT2D eigenvalue weighted by Gasteiger charge is -2.08. The highest BCUT2D eigenvalue weighted by Gasteiger charge is 2.04. The highest BCUT2D eigenvalue weighted by molar-refractivity contribution is 5.89. The third-order valence-electron chi connectivity index (χ3n) is 3.59. The molecule has 0 spiro atoms. The average Bonchev–Trinajstić information content (AvgIpc) is 3.12. The van der Waals surface area contributed by atoms with Gasteiger partial charge in [-0.05, 0) is 42.5 Å². The molecule has 0 atom stereocenters. The number of aromatic nitrogens is 3. The molecule has 3 aromatic rings. The van der Waals surface area contributed by atoms with E-state index in [0.717, 1.165) is 17.0 Å². The first-order valence-corrected chi connectivity index (χ1v) is 7.87. The fourth-order valence-electron chi connectivity index (χ4n) is 2.30. The Kier molecular flexibility index (Phi) is 5.26. The van der Waals surface area contributed by atoms with Crippen molar-refractivity contribution in [1.29, 1.82) is 0 Å². The van der Waals surface area contributed by atoms with Gasteiger partial charge in [0.25, 0.3) is 0 Å². The minimum Gasteiger partial charge on any atom is -0.497 e. The topological polar surface area (TPSA) is 81.1 Å². The molecule has 0 aliphatic heterocycles. The summed E-state index contributed by atoms with van der Waals surface area (Å²) in [5.41, 5.74) is 2.60. The van der Waals surface area contributed by atoms with E-state index in [1.807, 2.05) is 24.4 Å². The van der Waals surface area contributed by atoms with Gasteiger partial charge in [0.05, 0.1) is 19.3 Å². The molecule has 2 N–H and O–H groups in total. The van der Waals surface area contributed by atoms with Crippen molar-refractivity contribution in [2.75, 3.05) is 19.0 Å². The molecule has 0 saturated carbocycles. The first-order valence-electron chi connectivity index (χ1n) is 7.87. The van der Waals surface area contributed by atoms with Gasteiger partial charge >= 0.3 is 6.03 Å². The summed E-state index contributed by atoms with van der Waals surface area (Å²) in [6.45, 7) is 1.06. The van der Waals surface area contributed by atoms with Crippen LogP contribution in [-0.2, 0) is 6.54 Å². The van der Waals surface area contributed by atoms with E-state index in [1.165, 1.54) is 0 Å². The Morgan fingerprint density at radius 1 is 1.12 bits per heavy atom. The SMILES string of the molecule is COc1ccc(NC(=O)NCCn2ccc(-c3ccncc3)n2)cc1. The Balaban J connectivity index is 1.46. The van der Waals surface area contributed by atoms with Crippen LogP contribution >= 0.6 is 0 Å². The minimum absolute atomic E-state index is 0.258. The number of nitrogens with one attached hydrogen (secondary N) is 2. The van der Waals surface area contributed by atoms with E-state index in [-0.39, 0.29) is 6.03 Å². The predicted molar refractivity (Wildman–Crippen MR) is 95.5 cm³/mol. The van der Waals surface area contributed by atoms with Crippen LogP contribution in [0.5, 0.6) is 5.75 Å². The number of carbonyl (C=O) groups is 1. The van der Waals surface area contributed by atoms with Crippen LogP contribution < -0.4 is 15.4 Å². The normalized spacial score (nSPS) is 10.3. The molecule has 0 unspecified atom stereocenters. The molecular weight excluding hydrogens is 318 g/mol. The van der Waals surface area contributed by atoms with Gasteiger partial charge in [0.15, 0.2) is 0 Å². The van der Waals surface area contributed by atoms with Crippen LogP contribution in [0.1, 0.15) is 0 Å². The van der Waals surface area contributed by atoms with Crippen molar-refractivity contribution in [3.05, 3.63) is 61.1 Å². The summed E-state index contributed by atoms with van der Waals surface area (Å²) in [5.74, 6) is 0.745. The number of anilines is 1. The molecule has 2 amide bonds. The Hall–Kier alpha value is -3.35. The van der Waals surface area contributed by atoms with E-state index in [4.69, 9.17) is 4.74 Å². The number of hydrogen-bond acceptors (Lipinski definition) is 4. The van der Waals surface area contributed by atoms with Crippen molar-refractivity contribution in [2.24, 2.45) is 0 Å². The highest BCUT2D eigenvalue weighted by Crippen LogP contribution is 2.15. The van der Waals surface area contributed by atoms with Crippen molar-refractivity contribution in [3.63, 3.8) is 0 Å². The molecule has 2 heterocycles. The number of nitrogens with zero attached hydrogens (tertiary/aromatic N) is 3. The second kappa shape index (κ2) is 7.96. The zero-order valence-electron chi connectivity index (χ0n) is 13.8. The van der Waals surface area contributed by atoms with Crippen molar-refractivity contribution in [1.82, 2.24) is 20.1 Å². The van der Waals surface area contributed by atoms with E-state index in [2.05, 4.69) is 20.7 Å². The molecule has 128 valence electrons. The summed E-state index contributed by atoms with van der Waals surface area (Å²) in [6, 6.07) is 12.7. The minimum atomic E-state index is -0.258. The molecular formula is C18H19N5O2. The van der Waals surface area contributed by atoms with Gasteiger partial charge in [-0.25, -0.2) is 4.79 Å². The first-order chi connectivity index (χ1) is 12.2. The first kappa shape index (κ1) is 16.5. The molecule has 2 aromatic heterocycles. The number of carbonyl (C=O) groups excluding carboxylic acids is 1. The van der Waals surface area contributed by atoms with Crippen LogP contribution in [0.25, 0.3) is 11.3 Å². The Morgan fingerprint density at radius 3 is 2.60 bits per heavy atom. The third kappa shape index (κ3) is 4.57. The number of benzene rings is 1. The lowest BCUT2D eigenvalue weighted by Crippen LogP contribution is -2.31. The van der Waals surface area contributed by atoms with Gasteiger partial charge in [-0.1, -0.05) is 0 Å². The van der Waals surface area contributed by atoms with Gasteiger partial charge in [0, 0.05) is 36.4 Å². The molecule has 3 rings (SSSR count). The number of rotatable bonds is 6. The quantitative estimate of drug-likeness (QED) is 0.725. The second-order valence-corrected chi connectivity index (χ2v) is 5.31. The fraction of sp³-hybridized carbons (Fsp3) is 0.167. The summed E-state index contributed by atoms with van der Waals surface area (Å²) >= 11 is 0. The standard InChI is InChI=1S/C18H19N5O2/c1-25-16-4-2-15(3-5-16)21-18(24)20-11-13-23-12-8-17(22-23)14-6-9-19-10-7-14/h2-10,12H,11,13H2,1H3,(H2,20,21,24). The number of ether oxygens (including phenoxy) is 1. The molecule has 1 aromatic carbocycles. The molecule has 7 nitrogen and oxygen atoms in total. The maximum atomic E-state index is 11.9. The second-order valence-electron chi connectivity index (χ2n) is 5.31. The summed E-state index contributed by atoms with van der Waals surface area (Å²) in [7, 11) is 1.60. The Morgan fingerprint density at radius 2 is 1.88 bits per heavy atom. The summed E-state index contributed by atoms with van der Waals surface area (Å²) in [4.78, 5) is 15.9. The van der Waals surface area contributed by atoms with E-state index >= 15 is 0 Å². The van der Waals surface area contributed by atoms with Gasteiger partial charge in [-0.15, -0.1) is 0 Å². The lowest BCUT2D eigenvalue weighted by molar-refractivity contribution is 0.251. The van der Waals surface area contributed by atoms with Crippen LogP contribution in [-0.4, -0.2) is 34.5 Å². The number of pyridine rings is 1. The number of methoxy groups -OCH3 is 1. The van der Waals surface area contributed by atoms with E-state index in [9.17, 15) is 4.79 Å². The molecule has 0 bridgehead atoms. The zero-order chi connectivity index (χ0) is 17.5. The molecule has 0 aliphatic carbocycles. The van der Waals surface area contributed by atoms with Crippen molar-refractivity contribution < 1.29 is 9.53 Å². The molecule has 0 saturated heterocycles. The number of hydrogen-bond donors (Lipinski definition) is 2. The predicted octanol–water partition coefficient (Wildman–Crippen LogP) is 2.78. The van der Waals surface area contributed by atoms with Crippen molar-refractivity contribution >= 4 is 11.7 Å². The van der Waals surface area contributed by atoms with Gasteiger partial charge in [0.1, 0.15) is 5.75 Å². The summed E-state index contributed by atoms with van der Waals surface area (Å²) in [5, 5.41) is 10.1. The third-order valence-corrected chi connectivity index (χ3v) is 3.59. The molecule has 25 heavy (non-hydrogen) atoms. The van der Waals surface area contributed by atoms with E-state index < -0.39 is 0 Å². The van der Waals surface area contributed by atoms with Crippen LogP contribution in [0.15, 0.2) is 61.1 Å². The average molecular weight is 337 g/mol. The molecule has 7 heteroatoms. The monoisotopic (exact) mass is 337 g/mol. The van der Waals surface area contributed by atoms with Gasteiger partial charge < -0.3 is 15.4 Å². The zero-order valence-corrected chi connectivity index (χ0v) is 13.8. The van der Waals surface area contributed by atoms with Gasteiger partial charge in [0.2, 0.25) is 0 Å². The summed E-state index contributed by atoms with van der Waals surface area (Å²) < 4.78 is 6.88. The van der Waals surface area contributed by atoms with Crippen LogP contribution in [0, 0.1) is 0 Å². The number of amides is 2. The van der Waals surface area contributed by atoms with Crippen molar-refractivity contribution in [3.8, 4) is 17.0 Å².